The first-order valence-electron chi connectivity index (χ1n) is 7.36. The maximum atomic E-state index is 12.1. The normalized spacial score (nSPS) is 11.0. The van der Waals surface area contributed by atoms with Crippen LogP contribution in [0.2, 0.25) is 0 Å². The van der Waals surface area contributed by atoms with Crippen molar-refractivity contribution in [2.75, 3.05) is 5.32 Å². The zero-order valence-corrected chi connectivity index (χ0v) is 14.0. The maximum Gasteiger partial charge on any atom is 0.340 e. The van der Waals surface area contributed by atoms with Gasteiger partial charge in [-0.25, -0.2) is 9.78 Å². The summed E-state index contributed by atoms with van der Waals surface area (Å²) in [5.41, 5.74) is -0.0589. The third-order valence-corrected chi connectivity index (χ3v) is 2.94. The fraction of sp³-hybridized carbons (Fsp3) is 0.294. The zero-order chi connectivity index (χ0) is 17.9. The predicted octanol–water partition coefficient (Wildman–Crippen LogP) is 2.29. The lowest BCUT2D eigenvalue weighted by molar-refractivity contribution is 0.00691. The highest BCUT2D eigenvalue weighted by molar-refractivity contribution is 6.03. The van der Waals surface area contributed by atoms with Crippen LogP contribution in [0.3, 0.4) is 0 Å². The second-order valence-corrected chi connectivity index (χ2v) is 6.28. The number of nitrogens with one attached hydrogen (secondary N) is 2. The Morgan fingerprint density at radius 2 is 1.96 bits per heavy atom. The third kappa shape index (κ3) is 4.52. The SMILES string of the molecule is Cc1cc(=O)c(C(=O)Nc2ccc(C(=O)OC(C)(C)C)cn2)c[nH]1. The van der Waals surface area contributed by atoms with Crippen molar-refractivity contribution >= 4 is 17.7 Å². The van der Waals surface area contributed by atoms with Gasteiger partial charge in [-0.05, 0) is 39.8 Å². The van der Waals surface area contributed by atoms with E-state index in [1.165, 1.54) is 30.6 Å². The van der Waals surface area contributed by atoms with Crippen LogP contribution in [0, 0.1) is 6.92 Å². The molecule has 0 spiro atoms. The Kier molecular flexibility index (Phi) is 4.82. The first-order valence-corrected chi connectivity index (χ1v) is 7.36. The second-order valence-electron chi connectivity index (χ2n) is 6.28. The lowest BCUT2D eigenvalue weighted by Crippen LogP contribution is -2.24. The van der Waals surface area contributed by atoms with Gasteiger partial charge in [0.25, 0.3) is 5.91 Å². The van der Waals surface area contributed by atoms with Gasteiger partial charge in [0.15, 0.2) is 5.43 Å². The Hall–Kier alpha value is -2.96. The number of hydrogen-bond acceptors (Lipinski definition) is 5. The Balaban J connectivity index is 2.10. The maximum absolute atomic E-state index is 12.1. The fourth-order valence-electron chi connectivity index (χ4n) is 1.86. The molecule has 1 amide bonds. The van der Waals surface area contributed by atoms with Crippen LogP contribution in [0.5, 0.6) is 0 Å². The standard InChI is InChI=1S/C17H19N3O4/c1-10-7-13(21)12(9-18-10)15(22)20-14-6-5-11(8-19-14)16(23)24-17(2,3)4/h5-9H,1-4H3,(H,18,21)(H,19,20,22). The number of aromatic nitrogens is 2. The highest BCUT2D eigenvalue weighted by atomic mass is 16.6. The number of aryl methyl sites for hydroxylation is 1. The van der Waals surface area contributed by atoms with Gasteiger partial charge < -0.3 is 15.0 Å². The first-order chi connectivity index (χ1) is 11.2. The van der Waals surface area contributed by atoms with E-state index in [0.29, 0.717) is 5.69 Å². The van der Waals surface area contributed by atoms with E-state index in [0.717, 1.165) is 0 Å². The van der Waals surface area contributed by atoms with E-state index >= 15 is 0 Å². The molecule has 2 N–H and O–H groups in total. The molecule has 2 rings (SSSR count). The molecule has 2 aromatic heterocycles. The number of esters is 1. The van der Waals surface area contributed by atoms with Gasteiger partial charge in [0.2, 0.25) is 0 Å². The summed E-state index contributed by atoms with van der Waals surface area (Å²) >= 11 is 0. The van der Waals surface area contributed by atoms with Crippen LogP contribution in [-0.4, -0.2) is 27.4 Å². The summed E-state index contributed by atoms with van der Waals surface area (Å²) in [6, 6.07) is 4.31. The minimum absolute atomic E-state index is 0.0152. The third-order valence-electron chi connectivity index (χ3n) is 2.94. The molecular weight excluding hydrogens is 310 g/mol. The van der Waals surface area contributed by atoms with E-state index in [4.69, 9.17) is 4.74 Å². The number of ether oxygens (including phenoxy) is 1. The number of hydrogen-bond donors (Lipinski definition) is 2. The van der Waals surface area contributed by atoms with Crippen molar-refractivity contribution in [1.29, 1.82) is 0 Å². The number of pyridine rings is 2. The molecule has 0 aliphatic carbocycles. The highest BCUT2D eigenvalue weighted by Gasteiger charge is 2.18. The molecule has 0 fully saturated rings. The number of carbonyl (C=O) groups excluding carboxylic acids is 2. The molecule has 0 saturated carbocycles. The number of anilines is 1. The molecule has 0 aliphatic heterocycles. The zero-order valence-electron chi connectivity index (χ0n) is 14.0. The molecule has 7 heteroatoms. The van der Waals surface area contributed by atoms with Crippen LogP contribution in [0.15, 0.2) is 35.4 Å². The molecule has 0 radical (unpaired) electrons. The van der Waals surface area contributed by atoms with E-state index in [1.807, 2.05) is 0 Å². The second kappa shape index (κ2) is 6.66. The molecule has 0 unspecified atom stereocenters. The summed E-state index contributed by atoms with van der Waals surface area (Å²) < 4.78 is 5.23. The number of carbonyl (C=O) groups is 2. The van der Waals surface area contributed by atoms with Crippen molar-refractivity contribution in [3.8, 4) is 0 Å². The van der Waals surface area contributed by atoms with Crippen LogP contribution in [0.4, 0.5) is 5.82 Å². The minimum atomic E-state index is -0.601. The van der Waals surface area contributed by atoms with Crippen LogP contribution >= 0.6 is 0 Å². The minimum Gasteiger partial charge on any atom is -0.456 e. The Bertz CT molecular complexity index is 817. The van der Waals surface area contributed by atoms with E-state index < -0.39 is 17.5 Å². The van der Waals surface area contributed by atoms with E-state index in [1.54, 1.807) is 27.7 Å². The quantitative estimate of drug-likeness (QED) is 0.841. The summed E-state index contributed by atoms with van der Waals surface area (Å²) in [4.78, 5) is 42.6. The Morgan fingerprint density at radius 3 is 2.50 bits per heavy atom. The first kappa shape index (κ1) is 17.4. The number of rotatable bonds is 3. The van der Waals surface area contributed by atoms with Crippen LogP contribution in [0.25, 0.3) is 0 Å². The van der Waals surface area contributed by atoms with Crippen molar-refractivity contribution in [2.24, 2.45) is 0 Å². The molecule has 0 aliphatic rings. The molecule has 126 valence electrons. The van der Waals surface area contributed by atoms with E-state index in [2.05, 4.69) is 15.3 Å². The van der Waals surface area contributed by atoms with Crippen LogP contribution in [0.1, 0.15) is 47.2 Å². The summed E-state index contributed by atoms with van der Waals surface area (Å²) in [5.74, 6) is -0.844. The molecule has 2 aromatic rings. The van der Waals surface area contributed by atoms with Gasteiger partial charge in [-0.15, -0.1) is 0 Å². The van der Waals surface area contributed by atoms with Crippen molar-refractivity contribution < 1.29 is 14.3 Å². The van der Waals surface area contributed by atoms with Gasteiger partial charge in [0.05, 0.1) is 5.56 Å². The van der Waals surface area contributed by atoms with Gasteiger partial charge in [-0.2, -0.15) is 0 Å². The summed E-state index contributed by atoms with van der Waals surface area (Å²) in [6.07, 6.45) is 2.66. The number of amides is 1. The lowest BCUT2D eigenvalue weighted by atomic mass is 10.2. The van der Waals surface area contributed by atoms with Crippen molar-refractivity contribution in [1.82, 2.24) is 9.97 Å². The Morgan fingerprint density at radius 1 is 1.25 bits per heavy atom. The Labute approximate surface area is 139 Å². The fourth-order valence-corrected chi connectivity index (χ4v) is 1.86. The lowest BCUT2D eigenvalue weighted by Gasteiger charge is -2.19. The smallest absolute Gasteiger partial charge is 0.340 e. The summed E-state index contributed by atoms with van der Waals surface area (Å²) in [5, 5.41) is 2.51. The highest BCUT2D eigenvalue weighted by Crippen LogP contribution is 2.13. The van der Waals surface area contributed by atoms with Crippen molar-refractivity contribution in [3.05, 3.63) is 57.6 Å². The van der Waals surface area contributed by atoms with Crippen molar-refractivity contribution in [2.45, 2.75) is 33.3 Å². The number of H-pyrrole nitrogens is 1. The van der Waals surface area contributed by atoms with Gasteiger partial charge in [0, 0.05) is 24.2 Å². The van der Waals surface area contributed by atoms with Crippen molar-refractivity contribution in [3.63, 3.8) is 0 Å². The van der Waals surface area contributed by atoms with Crippen LogP contribution in [-0.2, 0) is 4.74 Å². The average Bonchev–Trinajstić information content (AvgIpc) is 2.45. The molecular formula is C17H19N3O4. The molecule has 7 nitrogen and oxygen atoms in total. The average molecular weight is 329 g/mol. The molecule has 0 atom stereocenters. The predicted molar refractivity (Wildman–Crippen MR) is 89.2 cm³/mol. The van der Waals surface area contributed by atoms with E-state index in [9.17, 15) is 14.4 Å². The molecule has 0 saturated heterocycles. The van der Waals surface area contributed by atoms with Gasteiger partial charge in [0.1, 0.15) is 17.0 Å². The molecule has 2 heterocycles. The topological polar surface area (TPSA) is 101 Å². The largest absolute Gasteiger partial charge is 0.456 e. The van der Waals surface area contributed by atoms with Gasteiger partial charge in [-0.3, -0.25) is 9.59 Å². The van der Waals surface area contributed by atoms with Crippen LogP contribution < -0.4 is 10.7 Å². The molecule has 24 heavy (non-hydrogen) atoms. The number of nitrogens with zero attached hydrogens (tertiary/aromatic N) is 1. The summed E-state index contributed by atoms with van der Waals surface area (Å²) in [6.45, 7) is 7.03. The monoisotopic (exact) mass is 329 g/mol. The van der Waals surface area contributed by atoms with Gasteiger partial charge >= 0.3 is 5.97 Å². The number of aromatic amines is 1. The molecule has 0 aromatic carbocycles. The summed E-state index contributed by atoms with van der Waals surface area (Å²) in [7, 11) is 0. The van der Waals surface area contributed by atoms with E-state index in [-0.39, 0.29) is 22.4 Å². The molecule has 0 bridgehead atoms. The van der Waals surface area contributed by atoms with Gasteiger partial charge in [-0.1, -0.05) is 0 Å².